The lowest BCUT2D eigenvalue weighted by molar-refractivity contribution is 0.400. The van der Waals surface area contributed by atoms with Crippen molar-refractivity contribution in [3.63, 3.8) is 0 Å². The molecule has 182 valence electrons. The second kappa shape index (κ2) is 9.37. The maximum atomic E-state index is 2.66. The Balaban J connectivity index is 1.39. The molecule has 0 saturated heterocycles. The van der Waals surface area contributed by atoms with Crippen LogP contribution >= 0.6 is 20.1 Å². The average molecular weight is 475 g/mol. The van der Waals surface area contributed by atoms with Gasteiger partial charge < -0.3 is 0 Å². The van der Waals surface area contributed by atoms with Crippen LogP contribution in [0.5, 0.6) is 0 Å². The Morgan fingerprint density at radius 2 is 1.56 bits per heavy atom. The Bertz CT molecular complexity index is 805. The zero-order valence-corrected chi connectivity index (χ0v) is 23.8. The van der Waals surface area contributed by atoms with Gasteiger partial charge in [0.15, 0.2) is 0 Å². The summed E-state index contributed by atoms with van der Waals surface area (Å²) >= 11 is 0. The molecule has 0 aliphatic heterocycles. The van der Waals surface area contributed by atoms with Crippen LogP contribution in [0.4, 0.5) is 0 Å². The molecule has 0 aromatic heterocycles. The van der Waals surface area contributed by atoms with E-state index in [9.17, 15) is 0 Å². The lowest BCUT2D eigenvalue weighted by Crippen LogP contribution is -2.23. The molecule has 0 radical (unpaired) electrons. The van der Waals surface area contributed by atoms with Crippen molar-refractivity contribution in [1.29, 1.82) is 0 Å². The van der Waals surface area contributed by atoms with E-state index in [0.29, 0.717) is 0 Å². The Kier molecular flexibility index (Phi) is 7.25. The minimum atomic E-state index is -0.533. The van der Waals surface area contributed by atoms with E-state index in [1.54, 1.807) is 5.57 Å². The highest BCUT2D eigenvalue weighted by Gasteiger charge is 2.44. The smallest absolute Gasteiger partial charge is 0.0111 e. The second-order valence-electron chi connectivity index (χ2n) is 13.2. The monoisotopic (exact) mass is 474 g/mol. The van der Waals surface area contributed by atoms with E-state index in [0.717, 1.165) is 47.3 Å². The molecule has 2 fully saturated rings. The van der Waals surface area contributed by atoms with Crippen LogP contribution in [0.3, 0.4) is 0 Å². The number of hydrogen-bond acceptors (Lipinski definition) is 0. The summed E-state index contributed by atoms with van der Waals surface area (Å²) in [4.78, 5) is 0. The highest BCUT2D eigenvalue weighted by molar-refractivity contribution is 8.32. The zero-order valence-electron chi connectivity index (χ0n) is 22.1. The van der Waals surface area contributed by atoms with Gasteiger partial charge in [-0.05, 0) is 129 Å². The van der Waals surface area contributed by atoms with Gasteiger partial charge in [-0.3, -0.25) is 0 Å². The molecule has 0 spiro atoms. The number of allylic oxidation sites excluding steroid dienone is 8. The summed E-state index contributed by atoms with van der Waals surface area (Å²) in [5, 5.41) is 0. The molecule has 0 amide bonds. The molecule has 4 aliphatic carbocycles. The zero-order chi connectivity index (χ0) is 23.3. The van der Waals surface area contributed by atoms with Gasteiger partial charge in [-0.15, -0.1) is 0 Å². The summed E-state index contributed by atoms with van der Waals surface area (Å²) in [7, 11) is -0.971. The molecule has 0 aromatic rings. The number of fused-ring (bicyclic) bond motifs is 2. The topological polar surface area (TPSA) is 0 Å². The SMILES string of the molecule is CC1=CC2C(CS(C)(C)C)CC(CCS(C)(C)CC3CC(C)C4C(C)=CC=CC34)C2C=C1. The van der Waals surface area contributed by atoms with Gasteiger partial charge in [-0.25, -0.2) is 20.1 Å². The normalized spacial score (nSPS) is 40.0. The van der Waals surface area contributed by atoms with E-state index < -0.39 is 20.1 Å². The van der Waals surface area contributed by atoms with Gasteiger partial charge in [0.1, 0.15) is 0 Å². The van der Waals surface area contributed by atoms with Crippen molar-refractivity contribution in [1.82, 2.24) is 0 Å². The fraction of sp³-hybridized carbons (Fsp3) is 0.733. The van der Waals surface area contributed by atoms with Crippen LogP contribution in [0.1, 0.15) is 40.0 Å². The minimum Gasteiger partial charge on any atom is -0.249 e. The van der Waals surface area contributed by atoms with Gasteiger partial charge in [0.05, 0.1) is 0 Å². The highest BCUT2D eigenvalue weighted by Crippen LogP contribution is 2.56. The first-order valence-electron chi connectivity index (χ1n) is 13.0. The molecule has 4 rings (SSSR count). The van der Waals surface area contributed by atoms with Crippen LogP contribution in [-0.4, -0.2) is 48.5 Å². The van der Waals surface area contributed by atoms with Crippen LogP contribution < -0.4 is 0 Å². The summed E-state index contributed by atoms with van der Waals surface area (Å²) in [5.41, 5.74) is 3.14. The predicted molar refractivity (Wildman–Crippen MR) is 153 cm³/mol. The van der Waals surface area contributed by atoms with Crippen molar-refractivity contribution in [2.45, 2.75) is 40.0 Å². The molecule has 8 unspecified atom stereocenters. The summed E-state index contributed by atoms with van der Waals surface area (Å²) in [6, 6.07) is 0. The molecule has 0 N–H and O–H groups in total. The molecule has 0 nitrogen and oxygen atoms in total. The first kappa shape index (κ1) is 24.8. The van der Waals surface area contributed by atoms with Gasteiger partial charge in [-0.1, -0.05) is 54.5 Å². The molecule has 0 bridgehead atoms. The molecular formula is C30H50S2. The van der Waals surface area contributed by atoms with Crippen molar-refractivity contribution in [3.8, 4) is 0 Å². The van der Waals surface area contributed by atoms with E-state index in [1.165, 1.54) is 42.1 Å². The third kappa shape index (κ3) is 5.48. The van der Waals surface area contributed by atoms with Crippen molar-refractivity contribution in [2.75, 3.05) is 48.5 Å². The number of hydrogen-bond donors (Lipinski definition) is 0. The van der Waals surface area contributed by atoms with E-state index in [-0.39, 0.29) is 0 Å². The Morgan fingerprint density at radius 1 is 0.844 bits per heavy atom. The third-order valence-corrected chi connectivity index (χ3v) is 13.2. The van der Waals surface area contributed by atoms with E-state index in [1.807, 2.05) is 0 Å². The maximum absolute atomic E-state index is 2.66. The van der Waals surface area contributed by atoms with Gasteiger partial charge in [0, 0.05) is 0 Å². The first-order valence-corrected chi connectivity index (χ1v) is 18.8. The maximum Gasteiger partial charge on any atom is -0.0111 e. The largest absolute Gasteiger partial charge is 0.249 e. The molecular weight excluding hydrogens is 424 g/mol. The Labute approximate surface area is 203 Å². The lowest BCUT2D eigenvalue weighted by Gasteiger charge is -2.38. The molecule has 2 saturated carbocycles. The molecule has 0 heterocycles. The van der Waals surface area contributed by atoms with Crippen LogP contribution in [-0.2, 0) is 0 Å². The molecule has 32 heavy (non-hydrogen) atoms. The first-order chi connectivity index (χ1) is 14.9. The standard InChI is InChI=1S/C30H50S2/c1-21-12-13-27-24(18-26(29(27)16-21)19-31(4,5)6)14-15-32(7,8)20-25-17-23(3)30-22(2)10-9-11-28(25)30/h9-13,16,23-30H,14-15,17-20H2,1-8H3. The minimum absolute atomic E-state index is 0.438. The van der Waals surface area contributed by atoms with E-state index >= 15 is 0 Å². The van der Waals surface area contributed by atoms with Gasteiger partial charge in [0.25, 0.3) is 0 Å². The molecule has 4 aliphatic rings. The fourth-order valence-electron chi connectivity index (χ4n) is 7.86. The van der Waals surface area contributed by atoms with Crippen molar-refractivity contribution in [2.24, 2.45) is 47.3 Å². The van der Waals surface area contributed by atoms with Crippen LogP contribution in [0.15, 0.2) is 47.6 Å². The number of rotatable bonds is 7. The van der Waals surface area contributed by atoms with E-state index in [2.05, 4.69) is 88.5 Å². The molecule has 0 aromatic carbocycles. The third-order valence-electron chi connectivity index (χ3n) is 9.06. The fourth-order valence-corrected chi connectivity index (χ4v) is 12.1. The van der Waals surface area contributed by atoms with Gasteiger partial charge >= 0.3 is 0 Å². The Hall–Kier alpha value is -0.340. The van der Waals surface area contributed by atoms with Gasteiger partial charge in [-0.2, -0.15) is 0 Å². The molecule has 8 atom stereocenters. The van der Waals surface area contributed by atoms with E-state index in [4.69, 9.17) is 0 Å². The summed E-state index contributed by atoms with van der Waals surface area (Å²) < 4.78 is 0. The quantitative estimate of drug-likeness (QED) is 0.351. The lowest BCUT2D eigenvalue weighted by atomic mass is 9.80. The van der Waals surface area contributed by atoms with Crippen LogP contribution in [0, 0.1) is 47.3 Å². The summed E-state index contributed by atoms with van der Waals surface area (Å²) in [5.74, 6) is 11.3. The van der Waals surface area contributed by atoms with Crippen molar-refractivity contribution >= 4 is 20.1 Å². The van der Waals surface area contributed by atoms with Crippen LogP contribution in [0.2, 0.25) is 0 Å². The van der Waals surface area contributed by atoms with Crippen LogP contribution in [0.25, 0.3) is 0 Å². The van der Waals surface area contributed by atoms with Crippen molar-refractivity contribution < 1.29 is 0 Å². The second-order valence-corrected chi connectivity index (χ2v) is 22.0. The van der Waals surface area contributed by atoms with Gasteiger partial charge in [0.2, 0.25) is 0 Å². The molecule has 2 heteroatoms. The average Bonchev–Trinajstić information content (AvgIpc) is 3.17. The summed E-state index contributed by atoms with van der Waals surface area (Å²) in [6.45, 7) is 7.19. The van der Waals surface area contributed by atoms with Crippen molar-refractivity contribution in [3.05, 3.63) is 47.6 Å². The predicted octanol–water partition coefficient (Wildman–Crippen LogP) is 7.92. The Morgan fingerprint density at radius 3 is 2.28 bits per heavy atom. The summed E-state index contributed by atoms with van der Waals surface area (Å²) in [6.07, 6.45) is 32.2. The highest BCUT2D eigenvalue weighted by atomic mass is 32.3.